The van der Waals surface area contributed by atoms with Crippen molar-refractivity contribution in [3.8, 4) is 0 Å². The summed E-state index contributed by atoms with van der Waals surface area (Å²) in [7, 11) is 0. The Kier molecular flexibility index (Phi) is 4.57. The maximum atomic E-state index is 12.0. The third kappa shape index (κ3) is 3.35. The van der Waals surface area contributed by atoms with Crippen molar-refractivity contribution in [2.24, 2.45) is 11.8 Å². The van der Waals surface area contributed by atoms with Crippen LogP contribution in [0, 0.1) is 18.8 Å². The first-order chi connectivity index (χ1) is 13.6. The van der Waals surface area contributed by atoms with E-state index in [1.54, 1.807) is 10.6 Å². The van der Waals surface area contributed by atoms with Gasteiger partial charge >= 0.3 is 11.7 Å². The lowest BCUT2D eigenvalue weighted by Gasteiger charge is -2.34. The highest BCUT2D eigenvalue weighted by atomic mass is 16.5. The maximum absolute atomic E-state index is 12.0. The van der Waals surface area contributed by atoms with Gasteiger partial charge in [-0.1, -0.05) is 24.2 Å². The first kappa shape index (κ1) is 19.7. The molecule has 2 aliphatic rings. The summed E-state index contributed by atoms with van der Waals surface area (Å²) in [5, 5.41) is 13.7. The van der Waals surface area contributed by atoms with Crippen molar-refractivity contribution in [2.75, 3.05) is 6.61 Å². The average molecular weight is 401 g/mol. The highest BCUT2D eigenvalue weighted by Crippen LogP contribution is 2.55. The molecular formula is C21H27N3O5. The maximum Gasteiger partial charge on any atom is 0.438 e. The summed E-state index contributed by atoms with van der Waals surface area (Å²) in [5.41, 5.74) is 1.03. The van der Waals surface area contributed by atoms with Crippen LogP contribution in [0.4, 0.5) is 0 Å². The van der Waals surface area contributed by atoms with Gasteiger partial charge in [0, 0.05) is 12.3 Å². The molecule has 8 nitrogen and oxygen atoms in total. The molecule has 1 aliphatic heterocycles. The van der Waals surface area contributed by atoms with Gasteiger partial charge in [-0.25, -0.2) is 9.59 Å². The van der Waals surface area contributed by atoms with Gasteiger partial charge in [-0.3, -0.25) is 9.51 Å². The van der Waals surface area contributed by atoms with E-state index in [9.17, 15) is 14.7 Å². The molecule has 2 aromatic heterocycles. The number of carboxylic acid groups (broad SMARTS) is 1. The SMILES string of the molecule is Cc1c(/C=C/C2CCOC(C)(C)C2)cc(C(=O)O)n1[C@@]1(c2noc(=O)[nH]2)C[C@@H]1C. The quantitative estimate of drug-likeness (QED) is 0.796. The number of aromatic carboxylic acids is 1. The van der Waals surface area contributed by atoms with Crippen molar-refractivity contribution in [3.63, 3.8) is 0 Å². The fourth-order valence-electron chi connectivity index (χ4n) is 4.72. The third-order valence-electron chi connectivity index (χ3n) is 6.31. The molecule has 0 radical (unpaired) electrons. The summed E-state index contributed by atoms with van der Waals surface area (Å²) in [5.74, 6) is -0.763. The number of carboxylic acids is 1. The summed E-state index contributed by atoms with van der Waals surface area (Å²) in [4.78, 5) is 26.2. The molecule has 4 rings (SSSR count). The van der Waals surface area contributed by atoms with Gasteiger partial charge in [0.15, 0.2) is 5.82 Å². The smallest absolute Gasteiger partial charge is 0.438 e. The van der Waals surface area contributed by atoms with Gasteiger partial charge in [-0.15, -0.1) is 0 Å². The minimum Gasteiger partial charge on any atom is -0.477 e. The van der Waals surface area contributed by atoms with E-state index in [0.717, 1.165) is 30.7 Å². The number of ether oxygens (including phenoxy) is 1. The summed E-state index contributed by atoms with van der Waals surface area (Å²) in [6, 6.07) is 1.70. The van der Waals surface area contributed by atoms with E-state index in [1.165, 1.54) is 0 Å². The lowest BCUT2D eigenvalue weighted by Crippen LogP contribution is -2.33. The molecule has 29 heavy (non-hydrogen) atoms. The molecule has 156 valence electrons. The number of aromatic amines is 1. The number of nitrogens with zero attached hydrogens (tertiary/aromatic N) is 2. The Morgan fingerprint density at radius 1 is 1.41 bits per heavy atom. The topological polar surface area (TPSA) is 110 Å². The number of hydrogen-bond donors (Lipinski definition) is 2. The molecule has 1 unspecified atom stereocenters. The standard InChI is InChI=1S/C21H27N3O5/c1-12-10-21(12,18-22-19(27)29-23-18)24-13(2)15(9-16(24)17(25)26)6-5-14-7-8-28-20(3,4)11-14/h5-6,9,12,14H,7-8,10-11H2,1-4H3,(H,25,26)(H,22,23,27)/b6-5+/t12-,14?,21-/m0/s1. The Balaban J connectivity index is 1.73. The molecule has 3 heterocycles. The van der Waals surface area contributed by atoms with Crippen molar-refractivity contribution >= 4 is 12.0 Å². The second kappa shape index (κ2) is 6.73. The molecule has 1 saturated carbocycles. The van der Waals surface area contributed by atoms with Crippen LogP contribution in [0.3, 0.4) is 0 Å². The Morgan fingerprint density at radius 3 is 2.69 bits per heavy atom. The number of aromatic nitrogens is 3. The van der Waals surface area contributed by atoms with Crippen LogP contribution >= 0.6 is 0 Å². The highest BCUT2D eigenvalue weighted by Gasteiger charge is 2.59. The molecule has 0 bridgehead atoms. The first-order valence-corrected chi connectivity index (χ1v) is 9.99. The third-order valence-corrected chi connectivity index (χ3v) is 6.31. The van der Waals surface area contributed by atoms with Gasteiger partial charge in [-0.2, -0.15) is 0 Å². The van der Waals surface area contributed by atoms with Crippen LogP contribution in [0.2, 0.25) is 0 Å². The Hall–Kier alpha value is -2.61. The van der Waals surface area contributed by atoms with E-state index in [1.807, 2.05) is 19.9 Å². The lowest BCUT2D eigenvalue weighted by molar-refractivity contribution is -0.0643. The van der Waals surface area contributed by atoms with Gasteiger partial charge in [0.25, 0.3) is 0 Å². The first-order valence-electron chi connectivity index (χ1n) is 9.99. The normalized spacial score (nSPS) is 28.7. The number of nitrogens with one attached hydrogen (secondary N) is 1. The van der Waals surface area contributed by atoms with Crippen LogP contribution in [-0.4, -0.2) is 38.0 Å². The van der Waals surface area contributed by atoms with Crippen molar-refractivity contribution in [1.29, 1.82) is 0 Å². The molecule has 3 atom stereocenters. The molecule has 1 aliphatic carbocycles. The second-order valence-electron chi connectivity index (χ2n) is 8.90. The molecule has 0 amide bonds. The van der Waals surface area contributed by atoms with E-state index < -0.39 is 17.3 Å². The molecule has 8 heteroatoms. The van der Waals surface area contributed by atoms with E-state index in [2.05, 4.69) is 30.1 Å². The van der Waals surface area contributed by atoms with Crippen molar-refractivity contribution in [1.82, 2.24) is 14.7 Å². The fourth-order valence-corrected chi connectivity index (χ4v) is 4.72. The Bertz CT molecular complexity index is 1030. The number of carbonyl (C=O) groups is 1. The number of hydrogen-bond acceptors (Lipinski definition) is 5. The van der Waals surface area contributed by atoms with Gasteiger partial charge in [0.1, 0.15) is 11.2 Å². The fraction of sp³-hybridized carbons (Fsp3) is 0.571. The zero-order valence-electron chi connectivity index (χ0n) is 17.2. The van der Waals surface area contributed by atoms with Gasteiger partial charge in [0.2, 0.25) is 0 Å². The highest BCUT2D eigenvalue weighted by molar-refractivity contribution is 5.88. The zero-order chi connectivity index (χ0) is 21.0. The van der Waals surface area contributed by atoms with Gasteiger partial charge in [0.05, 0.1) is 5.60 Å². The Morgan fingerprint density at radius 2 is 2.14 bits per heavy atom. The lowest BCUT2D eigenvalue weighted by atomic mass is 9.88. The van der Waals surface area contributed by atoms with Crippen LogP contribution < -0.4 is 5.76 Å². The van der Waals surface area contributed by atoms with E-state index in [0.29, 0.717) is 18.2 Å². The van der Waals surface area contributed by atoms with Crippen LogP contribution in [0.5, 0.6) is 0 Å². The Labute approximate surface area is 168 Å². The van der Waals surface area contributed by atoms with E-state index in [-0.39, 0.29) is 17.2 Å². The predicted octanol–water partition coefficient (Wildman–Crippen LogP) is 3.17. The van der Waals surface area contributed by atoms with E-state index in [4.69, 9.17) is 9.26 Å². The predicted molar refractivity (Wildman–Crippen MR) is 106 cm³/mol. The molecule has 0 aromatic carbocycles. The minimum absolute atomic E-state index is 0.126. The van der Waals surface area contributed by atoms with Crippen LogP contribution in [0.25, 0.3) is 6.08 Å². The minimum atomic E-state index is -1.01. The van der Waals surface area contributed by atoms with Crippen LogP contribution in [-0.2, 0) is 10.3 Å². The summed E-state index contributed by atoms with van der Waals surface area (Å²) in [6.45, 7) is 8.83. The van der Waals surface area contributed by atoms with Gasteiger partial charge in [-0.05, 0) is 63.5 Å². The van der Waals surface area contributed by atoms with Gasteiger partial charge < -0.3 is 14.4 Å². The largest absolute Gasteiger partial charge is 0.477 e. The van der Waals surface area contributed by atoms with E-state index >= 15 is 0 Å². The number of rotatable bonds is 5. The summed E-state index contributed by atoms with van der Waals surface area (Å²) < 4.78 is 12.3. The monoisotopic (exact) mass is 401 g/mol. The molecule has 1 saturated heterocycles. The molecule has 2 N–H and O–H groups in total. The molecule has 0 spiro atoms. The second-order valence-corrected chi connectivity index (χ2v) is 8.90. The molecule has 2 aromatic rings. The average Bonchev–Trinajstić information content (AvgIpc) is 2.97. The summed E-state index contributed by atoms with van der Waals surface area (Å²) >= 11 is 0. The zero-order valence-corrected chi connectivity index (χ0v) is 17.2. The van der Waals surface area contributed by atoms with Crippen molar-refractivity contribution < 1.29 is 19.2 Å². The number of allylic oxidation sites excluding steroid dienone is 1. The molecule has 2 fully saturated rings. The summed E-state index contributed by atoms with van der Waals surface area (Å²) in [6.07, 6.45) is 6.73. The van der Waals surface area contributed by atoms with Crippen LogP contribution in [0.1, 0.15) is 67.6 Å². The molecular weight excluding hydrogens is 374 g/mol. The van der Waals surface area contributed by atoms with Crippen LogP contribution in [0.15, 0.2) is 21.5 Å². The number of H-pyrrole nitrogens is 1. The van der Waals surface area contributed by atoms with Crippen molar-refractivity contribution in [2.45, 2.75) is 58.1 Å². The van der Waals surface area contributed by atoms with Crippen molar-refractivity contribution in [3.05, 3.63) is 45.5 Å².